The number of hydrogen-bond donors (Lipinski definition) is 1. The van der Waals surface area contributed by atoms with Crippen LogP contribution >= 0.6 is 0 Å². The Labute approximate surface area is 185 Å². The fraction of sp³-hybridized carbons (Fsp3) is 0.458. The molecule has 0 saturated carbocycles. The number of fused-ring (bicyclic) bond motifs is 1. The molecule has 0 aromatic heterocycles. The van der Waals surface area contributed by atoms with Crippen LogP contribution in [0.25, 0.3) is 0 Å². The largest absolute Gasteiger partial charge is 0.494 e. The zero-order valence-electron chi connectivity index (χ0n) is 18.6. The van der Waals surface area contributed by atoms with Crippen LogP contribution in [0.1, 0.15) is 55.8 Å². The van der Waals surface area contributed by atoms with E-state index in [1.54, 1.807) is 24.3 Å². The number of hydrogen-bond acceptors (Lipinski definition) is 4. The van der Waals surface area contributed by atoms with Crippen LogP contribution in [0.4, 0.5) is 5.69 Å². The highest BCUT2D eigenvalue weighted by atomic mass is 32.2. The molecule has 1 amide bonds. The van der Waals surface area contributed by atoms with Crippen molar-refractivity contribution in [1.82, 2.24) is 5.32 Å². The highest BCUT2D eigenvalue weighted by Crippen LogP contribution is 2.26. The number of carbonyl (C=O) groups excluding carboxylic acids is 1. The molecule has 0 heterocycles. The molecule has 31 heavy (non-hydrogen) atoms. The number of nitrogens with one attached hydrogen (secondary N) is 1. The van der Waals surface area contributed by atoms with Crippen LogP contribution in [0.5, 0.6) is 5.75 Å². The number of aryl methyl sites for hydroxylation is 2. The molecule has 0 saturated heterocycles. The monoisotopic (exact) mass is 444 g/mol. The molecule has 2 aromatic rings. The van der Waals surface area contributed by atoms with Crippen molar-refractivity contribution in [3.63, 3.8) is 0 Å². The molecule has 0 radical (unpaired) electrons. The standard InChI is InChI=1S/C24H32N2O4S/c1-4-23(20-11-10-18-8-6-7-9-19(18)16-20)25-24(27)17-26(31(3,28)29)21-12-14-22(15-13-21)30-5-2/h10-16,23H,4-9,17H2,1-3H3,(H,25,27)/t23-/m1/s1. The Kier molecular flexibility index (Phi) is 7.59. The molecule has 0 spiro atoms. The van der Waals surface area contributed by atoms with Crippen LogP contribution < -0.4 is 14.4 Å². The van der Waals surface area contributed by atoms with Crippen molar-refractivity contribution in [3.8, 4) is 5.75 Å². The average molecular weight is 445 g/mol. The highest BCUT2D eigenvalue weighted by Gasteiger charge is 2.23. The maximum Gasteiger partial charge on any atom is 0.241 e. The maximum atomic E-state index is 12.8. The molecule has 7 heteroatoms. The van der Waals surface area contributed by atoms with Gasteiger partial charge in [-0.05, 0) is 80.0 Å². The van der Waals surface area contributed by atoms with Crippen molar-refractivity contribution in [1.29, 1.82) is 0 Å². The molecule has 0 unspecified atom stereocenters. The summed E-state index contributed by atoms with van der Waals surface area (Å²) < 4.78 is 31.3. The second-order valence-electron chi connectivity index (χ2n) is 7.96. The Bertz CT molecular complexity index is 1000. The van der Waals surface area contributed by atoms with Gasteiger partial charge >= 0.3 is 0 Å². The maximum absolute atomic E-state index is 12.8. The molecule has 3 rings (SSSR count). The van der Waals surface area contributed by atoms with Gasteiger partial charge in [0.05, 0.1) is 24.6 Å². The summed E-state index contributed by atoms with van der Waals surface area (Å²) in [6.45, 7) is 4.16. The molecular formula is C24H32N2O4S. The first kappa shape index (κ1) is 23.1. The van der Waals surface area contributed by atoms with Gasteiger partial charge < -0.3 is 10.1 Å². The van der Waals surface area contributed by atoms with Crippen LogP contribution in [0.2, 0.25) is 0 Å². The van der Waals surface area contributed by atoms with Crippen molar-refractivity contribution in [2.45, 2.75) is 52.0 Å². The summed E-state index contributed by atoms with van der Waals surface area (Å²) in [5.41, 5.74) is 4.27. The molecule has 1 N–H and O–H groups in total. The van der Waals surface area contributed by atoms with E-state index in [0.29, 0.717) is 18.0 Å². The van der Waals surface area contributed by atoms with Gasteiger partial charge in [-0.3, -0.25) is 9.10 Å². The third-order valence-corrected chi connectivity index (χ3v) is 6.78. The lowest BCUT2D eigenvalue weighted by atomic mass is 9.89. The minimum Gasteiger partial charge on any atom is -0.494 e. The lowest BCUT2D eigenvalue weighted by Gasteiger charge is -2.25. The number of rotatable bonds is 9. The van der Waals surface area contributed by atoms with Gasteiger partial charge in [0.25, 0.3) is 0 Å². The van der Waals surface area contributed by atoms with Gasteiger partial charge in [-0.15, -0.1) is 0 Å². The summed E-state index contributed by atoms with van der Waals surface area (Å²) in [6.07, 6.45) is 6.46. The topological polar surface area (TPSA) is 75.7 Å². The van der Waals surface area contributed by atoms with Crippen LogP contribution in [0.15, 0.2) is 42.5 Å². The van der Waals surface area contributed by atoms with E-state index in [2.05, 4.69) is 23.5 Å². The quantitative estimate of drug-likeness (QED) is 0.634. The summed E-state index contributed by atoms with van der Waals surface area (Å²) >= 11 is 0. The summed E-state index contributed by atoms with van der Waals surface area (Å²) in [5, 5.41) is 3.02. The van der Waals surface area contributed by atoms with Gasteiger partial charge in [0.1, 0.15) is 12.3 Å². The zero-order chi connectivity index (χ0) is 22.4. The Morgan fingerprint density at radius 3 is 2.35 bits per heavy atom. The third-order valence-electron chi connectivity index (χ3n) is 5.64. The summed E-state index contributed by atoms with van der Waals surface area (Å²) in [6, 6.07) is 13.0. The number of sulfonamides is 1. The normalized spacial score (nSPS) is 14.4. The van der Waals surface area contributed by atoms with E-state index in [1.807, 2.05) is 13.8 Å². The molecule has 0 bridgehead atoms. The molecule has 0 aliphatic heterocycles. The van der Waals surface area contributed by atoms with Crippen molar-refractivity contribution >= 4 is 21.6 Å². The van der Waals surface area contributed by atoms with E-state index in [1.165, 1.54) is 24.0 Å². The van der Waals surface area contributed by atoms with Crippen molar-refractivity contribution in [3.05, 3.63) is 59.2 Å². The fourth-order valence-corrected chi connectivity index (χ4v) is 4.89. The van der Waals surface area contributed by atoms with Crippen LogP contribution in [0.3, 0.4) is 0 Å². The third kappa shape index (κ3) is 6.00. The van der Waals surface area contributed by atoms with E-state index < -0.39 is 10.0 Å². The van der Waals surface area contributed by atoms with E-state index >= 15 is 0 Å². The van der Waals surface area contributed by atoms with Crippen LogP contribution in [0, 0.1) is 0 Å². The lowest BCUT2D eigenvalue weighted by molar-refractivity contribution is -0.120. The number of amides is 1. The van der Waals surface area contributed by atoms with Crippen LogP contribution in [-0.4, -0.2) is 33.7 Å². The van der Waals surface area contributed by atoms with Crippen molar-refractivity contribution < 1.29 is 17.9 Å². The summed E-state index contributed by atoms with van der Waals surface area (Å²) in [4.78, 5) is 12.8. The second kappa shape index (κ2) is 10.2. The molecule has 168 valence electrons. The van der Waals surface area contributed by atoms with E-state index in [4.69, 9.17) is 4.74 Å². The first-order valence-corrected chi connectivity index (χ1v) is 12.8. The smallest absolute Gasteiger partial charge is 0.241 e. The minimum absolute atomic E-state index is 0.151. The Hall–Kier alpha value is -2.54. The molecule has 1 aliphatic rings. The Morgan fingerprint density at radius 2 is 1.74 bits per heavy atom. The minimum atomic E-state index is -3.63. The molecule has 0 fully saturated rings. The number of anilines is 1. The average Bonchev–Trinajstić information content (AvgIpc) is 2.75. The summed E-state index contributed by atoms with van der Waals surface area (Å²) in [7, 11) is -3.63. The Morgan fingerprint density at radius 1 is 1.06 bits per heavy atom. The second-order valence-corrected chi connectivity index (χ2v) is 9.87. The molecular weight excluding hydrogens is 412 g/mol. The van der Waals surface area contributed by atoms with Gasteiger partial charge in [-0.2, -0.15) is 0 Å². The van der Waals surface area contributed by atoms with Gasteiger partial charge in [-0.1, -0.05) is 25.1 Å². The van der Waals surface area contributed by atoms with E-state index in [-0.39, 0.29) is 18.5 Å². The van der Waals surface area contributed by atoms with E-state index in [9.17, 15) is 13.2 Å². The van der Waals surface area contributed by atoms with E-state index in [0.717, 1.165) is 35.4 Å². The molecule has 1 atom stereocenters. The number of ether oxygens (including phenoxy) is 1. The molecule has 2 aromatic carbocycles. The number of nitrogens with zero attached hydrogens (tertiary/aromatic N) is 1. The molecule has 1 aliphatic carbocycles. The first-order chi connectivity index (χ1) is 14.8. The number of carbonyl (C=O) groups is 1. The lowest BCUT2D eigenvalue weighted by Crippen LogP contribution is -2.41. The van der Waals surface area contributed by atoms with Crippen LogP contribution in [-0.2, 0) is 27.7 Å². The SMILES string of the molecule is CCOc1ccc(N(CC(=O)N[C@H](CC)c2ccc3c(c2)CCCC3)S(C)(=O)=O)cc1. The fourth-order valence-electron chi connectivity index (χ4n) is 4.04. The van der Waals surface area contributed by atoms with Gasteiger partial charge in [0.2, 0.25) is 15.9 Å². The van der Waals surface area contributed by atoms with Crippen molar-refractivity contribution in [2.75, 3.05) is 23.7 Å². The van der Waals surface area contributed by atoms with Gasteiger partial charge in [0.15, 0.2) is 0 Å². The Balaban J connectivity index is 1.73. The number of benzene rings is 2. The first-order valence-electron chi connectivity index (χ1n) is 10.9. The zero-order valence-corrected chi connectivity index (χ0v) is 19.4. The summed E-state index contributed by atoms with van der Waals surface area (Å²) in [5.74, 6) is 0.325. The van der Waals surface area contributed by atoms with Gasteiger partial charge in [0, 0.05) is 0 Å². The predicted molar refractivity (Wildman–Crippen MR) is 124 cm³/mol. The predicted octanol–water partition coefficient (Wildman–Crippen LogP) is 4.00. The van der Waals surface area contributed by atoms with Gasteiger partial charge in [-0.25, -0.2) is 8.42 Å². The highest BCUT2D eigenvalue weighted by molar-refractivity contribution is 7.92. The molecule has 6 nitrogen and oxygen atoms in total. The van der Waals surface area contributed by atoms with Crippen molar-refractivity contribution in [2.24, 2.45) is 0 Å².